The van der Waals surface area contributed by atoms with Crippen LogP contribution in [0.4, 0.5) is 11.4 Å². The summed E-state index contributed by atoms with van der Waals surface area (Å²) in [6.07, 6.45) is 0. The molecule has 6 N–H and O–H groups in total. The van der Waals surface area contributed by atoms with Gasteiger partial charge in [0, 0.05) is 0 Å². The smallest absolute Gasteiger partial charge is 0.238 e. The van der Waals surface area contributed by atoms with Gasteiger partial charge in [-0.3, -0.25) is 9.59 Å². The molecule has 0 aliphatic carbocycles. The van der Waals surface area contributed by atoms with Crippen molar-refractivity contribution < 1.29 is 9.59 Å². The van der Waals surface area contributed by atoms with Gasteiger partial charge in [-0.25, -0.2) is 0 Å². The van der Waals surface area contributed by atoms with Crippen molar-refractivity contribution in [1.82, 2.24) is 0 Å². The predicted octanol–water partition coefficient (Wildman–Crippen LogP) is 0.637. The predicted molar refractivity (Wildman–Crippen MR) is 82.5 cm³/mol. The van der Waals surface area contributed by atoms with Crippen molar-refractivity contribution in [2.45, 2.75) is 0 Å². The first-order valence-corrected chi connectivity index (χ1v) is 4.76. The highest BCUT2D eigenvalue weighted by Gasteiger charge is 2.06. The molecule has 0 bridgehead atoms. The Morgan fingerprint density at radius 1 is 0.889 bits per heavy atom. The summed E-state index contributed by atoms with van der Waals surface area (Å²) in [5.74, 6) is -0.649. The third-order valence-electron chi connectivity index (χ3n) is 1.85. The lowest BCUT2D eigenvalue weighted by Crippen LogP contribution is -2.25. The van der Waals surface area contributed by atoms with E-state index >= 15 is 0 Å². The fraction of sp³-hybridized carbons (Fsp3) is 0.200. The van der Waals surface area contributed by atoms with Crippen LogP contribution < -0.4 is 22.1 Å². The van der Waals surface area contributed by atoms with Crippen molar-refractivity contribution in [2.24, 2.45) is 11.5 Å². The Labute approximate surface area is 126 Å². The average Bonchev–Trinajstić information content (AvgIpc) is 2.31. The number of hydrogen-bond donors (Lipinski definition) is 4. The van der Waals surface area contributed by atoms with E-state index < -0.39 is 0 Å². The summed E-state index contributed by atoms with van der Waals surface area (Å²) in [5, 5.41) is 5.14. The first-order valence-electron chi connectivity index (χ1n) is 4.76. The minimum atomic E-state index is -0.325. The molecule has 0 aliphatic rings. The second-order valence-corrected chi connectivity index (χ2v) is 3.05. The molecule has 0 fully saturated rings. The van der Waals surface area contributed by atoms with Crippen LogP contribution in [0.1, 0.15) is 0 Å². The Kier molecular flexibility index (Phi) is 10.8. The summed E-state index contributed by atoms with van der Waals surface area (Å²) in [6, 6.07) is 6.81. The zero-order valence-electron chi connectivity index (χ0n) is 9.51. The van der Waals surface area contributed by atoms with Crippen LogP contribution in [0, 0.1) is 0 Å². The number of carbonyl (C=O) groups excluding carboxylic acids is 2. The molecule has 1 rings (SSSR count). The molecule has 0 saturated carbocycles. The lowest BCUT2D eigenvalue weighted by atomic mass is 10.2. The van der Waals surface area contributed by atoms with Crippen LogP contribution in [0.25, 0.3) is 0 Å². The number of amides is 2. The van der Waals surface area contributed by atoms with Gasteiger partial charge in [0.1, 0.15) is 0 Å². The number of hydrogen-bond acceptors (Lipinski definition) is 4. The van der Waals surface area contributed by atoms with Crippen LogP contribution in [0.2, 0.25) is 0 Å². The monoisotopic (exact) mass is 382 g/mol. The van der Waals surface area contributed by atoms with Crippen LogP contribution in [-0.4, -0.2) is 24.9 Å². The first kappa shape index (κ1) is 19.4. The standard InChI is InChI=1S/C10H14N4O2.2BrH/c11-5-9(15)13-7-3-1-2-4-8(7)14-10(16)6-12;;/h1-4H,5-6,11-12H2,(H,13,15)(H,14,16);2*1H. The third kappa shape index (κ3) is 6.10. The number of benzene rings is 1. The van der Waals surface area contributed by atoms with Gasteiger partial charge in [0.05, 0.1) is 24.5 Å². The number of nitrogens with two attached hydrogens (primary N) is 2. The van der Waals surface area contributed by atoms with E-state index in [2.05, 4.69) is 10.6 Å². The summed E-state index contributed by atoms with van der Waals surface area (Å²) < 4.78 is 0. The Bertz CT molecular complexity index is 364. The fourth-order valence-corrected chi connectivity index (χ4v) is 1.10. The van der Waals surface area contributed by atoms with Crippen molar-refractivity contribution in [3.63, 3.8) is 0 Å². The molecule has 1 aromatic carbocycles. The van der Waals surface area contributed by atoms with Gasteiger partial charge in [0.15, 0.2) is 0 Å². The van der Waals surface area contributed by atoms with Crippen LogP contribution in [-0.2, 0) is 9.59 Å². The van der Waals surface area contributed by atoms with Gasteiger partial charge in [0.25, 0.3) is 0 Å². The maximum atomic E-state index is 11.1. The molecule has 0 radical (unpaired) electrons. The summed E-state index contributed by atoms with van der Waals surface area (Å²) in [5.41, 5.74) is 11.4. The highest BCUT2D eigenvalue weighted by Crippen LogP contribution is 2.20. The number of rotatable bonds is 4. The van der Waals surface area contributed by atoms with E-state index in [1.807, 2.05) is 0 Å². The van der Waals surface area contributed by atoms with E-state index in [-0.39, 0.29) is 58.9 Å². The largest absolute Gasteiger partial charge is 0.323 e. The number of nitrogens with one attached hydrogen (secondary N) is 2. The van der Waals surface area contributed by atoms with E-state index in [0.29, 0.717) is 11.4 Å². The van der Waals surface area contributed by atoms with Crippen LogP contribution in [0.15, 0.2) is 24.3 Å². The zero-order chi connectivity index (χ0) is 12.0. The van der Waals surface area contributed by atoms with Gasteiger partial charge >= 0.3 is 0 Å². The van der Waals surface area contributed by atoms with E-state index in [9.17, 15) is 9.59 Å². The summed E-state index contributed by atoms with van der Waals surface area (Å²) in [7, 11) is 0. The Hall–Kier alpha value is -0.960. The average molecular weight is 384 g/mol. The first-order chi connectivity index (χ1) is 7.67. The molecule has 0 spiro atoms. The molecule has 6 nitrogen and oxygen atoms in total. The van der Waals surface area contributed by atoms with Crippen molar-refractivity contribution in [2.75, 3.05) is 23.7 Å². The molecule has 0 atom stereocenters. The molecule has 1 aromatic rings. The minimum absolute atomic E-state index is 0. The SMILES string of the molecule is Br.Br.NCC(=O)Nc1ccccc1NC(=O)CN. The quantitative estimate of drug-likeness (QED) is 0.611. The highest BCUT2D eigenvalue weighted by atomic mass is 79.9. The highest BCUT2D eigenvalue weighted by molar-refractivity contribution is 8.93. The Morgan fingerprint density at radius 3 is 1.50 bits per heavy atom. The van der Waals surface area contributed by atoms with E-state index in [4.69, 9.17) is 11.5 Å². The topological polar surface area (TPSA) is 110 Å². The lowest BCUT2D eigenvalue weighted by molar-refractivity contribution is -0.115. The fourth-order valence-electron chi connectivity index (χ4n) is 1.10. The second kappa shape index (κ2) is 10.0. The maximum Gasteiger partial charge on any atom is 0.238 e. The molecule has 2 amide bonds. The number of anilines is 2. The van der Waals surface area contributed by atoms with E-state index in [0.717, 1.165) is 0 Å². The minimum Gasteiger partial charge on any atom is -0.323 e. The normalized spacial score (nSPS) is 8.56. The number of halogens is 2. The molecular formula is C10H16Br2N4O2. The van der Waals surface area contributed by atoms with Crippen molar-refractivity contribution >= 4 is 57.2 Å². The third-order valence-corrected chi connectivity index (χ3v) is 1.85. The number of para-hydroxylation sites is 2. The summed E-state index contributed by atoms with van der Waals surface area (Å²) in [4.78, 5) is 22.2. The summed E-state index contributed by atoms with van der Waals surface area (Å²) >= 11 is 0. The van der Waals surface area contributed by atoms with Crippen LogP contribution >= 0.6 is 34.0 Å². The van der Waals surface area contributed by atoms with Crippen LogP contribution in [0.3, 0.4) is 0 Å². The number of carbonyl (C=O) groups is 2. The van der Waals surface area contributed by atoms with Gasteiger partial charge in [-0.2, -0.15) is 0 Å². The van der Waals surface area contributed by atoms with Gasteiger partial charge in [0.2, 0.25) is 11.8 Å². The molecule has 0 heterocycles. The Morgan fingerprint density at radius 2 is 1.22 bits per heavy atom. The van der Waals surface area contributed by atoms with Gasteiger partial charge in [-0.15, -0.1) is 34.0 Å². The molecule has 18 heavy (non-hydrogen) atoms. The van der Waals surface area contributed by atoms with E-state index in [1.54, 1.807) is 24.3 Å². The van der Waals surface area contributed by atoms with Crippen LogP contribution in [0.5, 0.6) is 0 Å². The van der Waals surface area contributed by atoms with Gasteiger partial charge in [-0.1, -0.05) is 12.1 Å². The molecule has 102 valence electrons. The van der Waals surface area contributed by atoms with Gasteiger partial charge < -0.3 is 22.1 Å². The van der Waals surface area contributed by atoms with Crippen molar-refractivity contribution in [3.05, 3.63) is 24.3 Å². The van der Waals surface area contributed by atoms with Crippen molar-refractivity contribution in [1.29, 1.82) is 0 Å². The second-order valence-electron chi connectivity index (χ2n) is 3.05. The zero-order valence-corrected chi connectivity index (χ0v) is 12.9. The summed E-state index contributed by atoms with van der Waals surface area (Å²) in [6.45, 7) is -0.224. The lowest BCUT2D eigenvalue weighted by Gasteiger charge is -2.10. The van der Waals surface area contributed by atoms with Crippen molar-refractivity contribution in [3.8, 4) is 0 Å². The molecule has 0 aromatic heterocycles. The molecule has 0 aliphatic heterocycles. The van der Waals surface area contributed by atoms with E-state index in [1.165, 1.54) is 0 Å². The van der Waals surface area contributed by atoms with Gasteiger partial charge in [-0.05, 0) is 12.1 Å². The molecule has 0 unspecified atom stereocenters. The molecule has 8 heteroatoms. The Balaban J connectivity index is 0. The maximum absolute atomic E-state index is 11.1. The molecule has 0 saturated heterocycles. The molecular weight excluding hydrogens is 368 g/mol.